The average Bonchev–Trinajstić information content (AvgIpc) is 3.05. The summed E-state index contributed by atoms with van der Waals surface area (Å²) in [6.07, 6.45) is 5.53. The SMILES string of the molecule is CCn1cc(-c2ccncc2)cc1C(=O)NCc1cccc(C)c1. The summed E-state index contributed by atoms with van der Waals surface area (Å²) in [6, 6.07) is 14.0. The lowest BCUT2D eigenvalue weighted by molar-refractivity contribution is 0.0941. The fourth-order valence-electron chi connectivity index (χ4n) is 2.76. The summed E-state index contributed by atoms with van der Waals surface area (Å²) in [5.41, 5.74) is 5.06. The maximum atomic E-state index is 12.6. The Hall–Kier alpha value is -2.88. The number of aromatic nitrogens is 2. The minimum atomic E-state index is -0.0568. The summed E-state index contributed by atoms with van der Waals surface area (Å²) in [6.45, 7) is 5.36. The molecular weight excluding hydrogens is 298 g/mol. The molecule has 0 atom stereocenters. The van der Waals surface area contributed by atoms with Crippen molar-refractivity contribution in [2.75, 3.05) is 0 Å². The van der Waals surface area contributed by atoms with E-state index in [4.69, 9.17) is 0 Å². The normalized spacial score (nSPS) is 10.6. The van der Waals surface area contributed by atoms with Gasteiger partial charge in [0.2, 0.25) is 0 Å². The van der Waals surface area contributed by atoms with Gasteiger partial charge in [-0.05, 0) is 43.2 Å². The largest absolute Gasteiger partial charge is 0.347 e. The number of benzene rings is 1. The maximum Gasteiger partial charge on any atom is 0.268 e. The Morgan fingerprint density at radius 3 is 2.62 bits per heavy atom. The number of rotatable bonds is 5. The van der Waals surface area contributed by atoms with Crippen LogP contribution in [0.25, 0.3) is 11.1 Å². The smallest absolute Gasteiger partial charge is 0.268 e. The minimum Gasteiger partial charge on any atom is -0.347 e. The van der Waals surface area contributed by atoms with Crippen molar-refractivity contribution < 1.29 is 4.79 Å². The summed E-state index contributed by atoms with van der Waals surface area (Å²) in [5, 5.41) is 3.01. The van der Waals surface area contributed by atoms with Crippen molar-refractivity contribution >= 4 is 5.91 Å². The Balaban J connectivity index is 1.78. The zero-order chi connectivity index (χ0) is 16.9. The Morgan fingerprint density at radius 1 is 1.12 bits per heavy atom. The van der Waals surface area contributed by atoms with E-state index in [1.54, 1.807) is 12.4 Å². The van der Waals surface area contributed by atoms with Gasteiger partial charge in [-0.3, -0.25) is 9.78 Å². The summed E-state index contributed by atoms with van der Waals surface area (Å²) in [7, 11) is 0. The molecule has 0 bridgehead atoms. The van der Waals surface area contributed by atoms with Crippen LogP contribution < -0.4 is 5.32 Å². The van der Waals surface area contributed by atoms with E-state index in [1.807, 2.05) is 48.0 Å². The molecule has 0 unspecified atom stereocenters. The minimum absolute atomic E-state index is 0.0568. The summed E-state index contributed by atoms with van der Waals surface area (Å²) < 4.78 is 1.97. The van der Waals surface area contributed by atoms with Gasteiger partial charge in [0.05, 0.1) is 0 Å². The first-order valence-corrected chi connectivity index (χ1v) is 8.11. The van der Waals surface area contributed by atoms with E-state index in [0.717, 1.165) is 23.2 Å². The molecule has 0 aliphatic carbocycles. The van der Waals surface area contributed by atoms with Crippen LogP contribution in [0, 0.1) is 6.92 Å². The predicted octanol–water partition coefficient (Wildman–Crippen LogP) is 3.81. The number of nitrogens with one attached hydrogen (secondary N) is 1. The van der Waals surface area contributed by atoms with Crippen molar-refractivity contribution in [3.63, 3.8) is 0 Å². The molecule has 3 aromatic rings. The van der Waals surface area contributed by atoms with Crippen LogP contribution in [-0.2, 0) is 13.1 Å². The highest BCUT2D eigenvalue weighted by atomic mass is 16.1. The highest BCUT2D eigenvalue weighted by molar-refractivity contribution is 5.94. The topological polar surface area (TPSA) is 46.9 Å². The number of nitrogens with zero attached hydrogens (tertiary/aromatic N) is 2. The molecule has 1 N–H and O–H groups in total. The number of aryl methyl sites for hydroxylation is 2. The fourth-order valence-corrected chi connectivity index (χ4v) is 2.76. The lowest BCUT2D eigenvalue weighted by Crippen LogP contribution is -2.25. The zero-order valence-corrected chi connectivity index (χ0v) is 14.0. The van der Waals surface area contributed by atoms with Gasteiger partial charge in [0.15, 0.2) is 0 Å². The molecule has 0 radical (unpaired) electrons. The third-order valence-corrected chi connectivity index (χ3v) is 4.02. The lowest BCUT2D eigenvalue weighted by atomic mass is 10.1. The molecule has 1 aromatic carbocycles. The Labute approximate surface area is 142 Å². The van der Waals surface area contributed by atoms with Crippen molar-refractivity contribution in [1.29, 1.82) is 0 Å². The third kappa shape index (κ3) is 3.54. The van der Waals surface area contributed by atoms with Gasteiger partial charge >= 0.3 is 0 Å². The van der Waals surface area contributed by atoms with Gasteiger partial charge in [0.1, 0.15) is 5.69 Å². The highest BCUT2D eigenvalue weighted by Gasteiger charge is 2.13. The van der Waals surface area contributed by atoms with Crippen molar-refractivity contribution in [2.24, 2.45) is 0 Å². The predicted molar refractivity (Wildman–Crippen MR) is 95.7 cm³/mol. The quantitative estimate of drug-likeness (QED) is 0.777. The zero-order valence-electron chi connectivity index (χ0n) is 14.0. The molecular formula is C20H21N3O. The van der Waals surface area contributed by atoms with Gasteiger partial charge in [-0.2, -0.15) is 0 Å². The molecule has 4 nitrogen and oxygen atoms in total. The number of hydrogen-bond donors (Lipinski definition) is 1. The molecule has 24 heavy (non-hydrogen) atoms. The van der Waals surface area contributed by atoms with Crippen LogP contribution in [0.1, 0.15) is 28.5 Å². The standard InChI is InChI=1S/C20H21N3O/c1-3-23-14-18(17-7-9-21-10-8-17)12-19(23)20(24)22-13-16-6-4-5-15(2)11-16/h4-12,14H,3,13H2,1-2H3,(H,22,24). The monoisotopic (exact) mass is 319 g/mol. The lowest BCUT2D eigenvalue weighted by Gasteiger charge is -2.08. The Kier molecular flexibility index (Phi) is 4.75. The van der Waals surface area contributed by atoms with Gasteiger partial charge < -0.3 is 9.88 Å². The molecule has 0 saturated carbocycles. The molecule has 0 saturated heterocycles. The van der Waals surface area contributed by atoms with Crippen LogP contribution >= 0.6 is 0 Å². The van der Waals surface area contributed by atoms with Crippen LogP contribution in [0.5, 0.6) is 0 Å². The summed E-state index contributed by atoms with van der Waals surface area (Å²) in [4.78, 5) is 16.6. The molecule has 0 fully saturated rings. The first-order valence-electron chi connectivity index (χ1n) is 8.11. The van der Waals surface area contributed by atoms with Gasteiger partial charge in [-0.15, -0.1) is 0 Å². The molecule has 1 amide bonds. The summed E-state index contributed by atoms with van der Waals surface area (Å²) in [5.74, 6) is -0.0568. The van der Waals surface area contributed by atoms with E-state index in [1.165, 1.54) is 5.56 Å². The number of carbonyl (C=O) groups is 1. The van der Waals surface area contributed by atoms with E-state index < -0.39 is 0 Å². The van der Waals surface area contributed by atoms with Crippen LogP contribution in [-0.4, -0.2) is 15.5 Å². The van der Waals surface area contributed by atoms with Gasteiger partial charge in [0, 0.05) is 37.2 Å². The first-order chi connectivity index (χ1) is 11.7. The number of amides is 1. The van der Waals surface area contributed by atoms with Crippen LogP contribution in [0.4, 0.5) is 0 Å². The maximum absolute atomic E-state index is 12.6. The van der Waals surface area contributed by atoms with Crippen molar-refractivity contribution in [3.05, 3.63) is 77.9 Å². The molecule has 122 valence electrons. The molecule has 0 aliphatic heterocycles. The van der Waals surface area contributed by atoms with E-state index >= 15 is 0 Å². The van der Waals surface area contributed by atoms with Gasteiger partial charge in [-0.25, -0.2) is 0 Å². The van der Waals surface area contributed by atoms with E-state index in [-0.39, 0.29) is 5.91 Å². The number of pyridine rings is 1. The van der Waals surface area contributed by atoms with E-state index in [2.05, 4.69) is 29.4 Å². The second-order valence-corrected chi connectivity index (χ2v) is 5.81. The van der Waals surface area contributed by atoms with Crippen LogP contribution in [0.15, 0.2) is 61.1 Å². The molecule has 4 heteroatoms. The number of carbonyl (C=O) groups excluding carboxylic acids is 1. The molecule has 3 rings (SSSR count). The van der Waals surface area contributed by atoms with Crippen LogP contribution in [0.3, 0.4) is 0 Å². The van der Waals surface area contributed by atoms with Crippen LogP contribution in [0.2, 0.25) is 0 Å². The Morgan fingerprint density at radius 2 is 1.92 bits per heavy atom. The van der Waals surface area contributed by atoms with Crippen molar-refractivity contribution in [1.82, 2.24) is 14.9 Å². The van der Waals surface area contributed by atoms with Gasteiger partial charge in [0.25, 0.3) is 5.91 Å². The molecule has 0 spiro atoms. The van der Waals surface area contributed by atoms with E-state index in [9.17, 15) is 4.79 Å². The van der Waals surface area contributed by atoms with Crippen molar-refractivity contribution in [2.45, 2.75) is 26.9 Å². The molecule has 2 heterocycles. The molecule has 2 aromatic heterocycles. The summed E-state index contributed by atoms with van der Waals surface area (Å²) >= 11 is 0. The highest BCUT2D eigenvalue weighted by Crippen LogP contribution is 2.21. The third-order valence-electron chi connectivity index (χ3n) is 4.02. The molecule has 0 aliphatic rings. The second-order valence-electron chi connectivity index (χ2n) is 5.81. The first kappa shape index (κ1) is 16.0. The second kappa shape index (κ2) is 7.13. The van der Waals surface area contributed by atoms with E-state index in [0.29, 0.717) is 12.2 Å². The number of hydrogen-bond acceptors (Lipinski definition) is 2. The Bertz CT molecular complexity index is 837. The average molecular weight is 319 g/mol. The van der Waals surface area contributed by atoms with Crippen molar-refractivity contribution in [3.8, 4) is 11.1 Å². The fraction of sp³-hybridized carbons (Fsp3) is 0.200. The van der Waals surface area contributed by atoms with Gasteiger partial charge in [-0.1, -0.05) is 29.8 Å².